The predicted molar refractivity (Wildman–Crippen MR) is 46.8 cm³/mol. The van der Waals surface area contributed by atoms with Gasteiger partial charge in [-0.1, -0.05) is 19.9 Å². The molecule has 0 radical (unpaired) electrons. The molecule has 2 N–H and O–H groups in total. The van der Waals surface area contributed by atoms with Gasteiger partial charge in [-0.05, 0) is 18.1 Å². The molecule has 60 valence electrons. The Balaban J connectivity index is 2.75. The van der Waals surface area contributed by atoms with E-state index in [1.165, 1.54) is 0 Å². The summed E-state index contributed by atoms with van der Waals surface area (Å²) in [7, 11) is 0. The molecule has 0 aromatic heterocycles. The zero-order valence-corrected chi connectivity index (χ0v) is 7.29. The van der Waals surface area contributed by atoms with Gasteiger partial charge in [0.15, 0.2) is 5.11 Å². The summed E-state index contributed by atoms with van der Waals surface area (Å²) in [5.74, 6) is 0.216. The van der Waals surface area contributed by atoms with Crippen molar-refractivity contribution in [3.63, 3.8) is 0 Å². The highest BCUT2D eigenvalue weighted by Crippen LogP contribution is 2.03. The summed E-state index contributed by atoms with van der Waals surface area (Å²) in [6.45, 7) is 4.01. The Bertz CT molecular complexity index is 233. The highest BCUT2D eigenvalue weighted by Gasteiger charge is 2.19. The first-order valence-electron chi connectivity index (χ1n) is 3.43. The molecule has 1 aliphatic heterocycles. The fourth-order valence-electron chi connectivity index (χ4n) is 0.831. The van der Waals surface area contributed by atoms with Crippen molar-refractivity contribution in [2.24, 2.45) is 5.92 Å². The van der Waals surface area contributed by atoms with Gasteiger partial charge in [0.1, 0.15) is 5.70 Å². The van der Waals surface area contributed by atoms with Crippen molar-refractivity contribution in [1.29, 1.82) is 0 Å². The molecule has 3 nitrogen and oxygen atoms in total. The third kappa shape index (κ3) is 2.01. The Labute approximate surface area is 70.9 Å². The van der Waals surface area contributed by atoms with Gasteiger partial charge in [-0.15, -0.1) is 0 Å². The van der Waals surface area contributed by atoms with Crippen LogP contribution < -0.4 is 10.6 Å². The van der Waals surface area contributed by atoms with Gasteiger partial charge in [-0.3, -0.25) is 10.1 Å². The molecule has 0 spiro atoms. The van der Waals surface area contributed by atoms with Crippen molar-refractivity contribution >= 4 is 23.2 Å². The summed E-state index contributed by atoms with van der Waals surface area (Å²) in [6.07, 6.45) is 1.84. The summed E-state index contributed by atoms with van der Waals surface area (Å²) in [5.41, 5.74) is 0.560. The van der Waals surface area contributed by atoms with Crippen molar-refractivity contribution in [2.75, 3.05) is 0 Å². The summed E-state index contributed by atoms with van der Waals surface area (Å²) < 4.78 is 0. The molecule has 1 saturated heterocycles. The van der Waals surface area contributed by atoms with Crippen molar-refractivity contribution in [1.82, 2.24) is 10.6 Å². The van der Waals surface area contributed by atoms with Crippen LogP contribution in [0.15, 0.2) is 11.8 Å². The molecule has 4 heteroatoms. The second-order valence-corrected chi connectivity index (χ2v) is 3.14. The molecule has 11 heavy (non-hydrogen) atoms. The van der Waals surface area contributed by atoms with Gasteiger partial charge >= 0.3 is 0 Å². The van der Waals surface area contributed by atoms with Crippen LogP contribution in [-0.2, 0) is 4.79 Å². The third-order valence-corrected chi connectivity index (χ3v) is 1.42. The van der Waals surface area contributed by atoms with E-state index in [0.29, 0.717) is 16.7 Å². The van der Waals surface area contributed by atoms with E-state index in [0.717, 1.165) is 0 Å². The summed E-state index contributed by atoms with van der Waals surface area (Å²) >= 11 is 4.74. The number of rotatable bonds is 1. The van der Waals surface area contributed by atoms with Gasteiger partial charge in [0.2, 0.25) is 0 Å². The average molecular weight is 170 g/mol. The first-order valence-corrected chi connectivity index (χ1v) is 3.84. The van der Waals surface area contributed by atoms with Crippen LogP contribution in [0.5, 0.6) is 0 Å². The van der Waals surface area contributed by atoms with E-state index in [2.05, 4.69) is 10.6 Å². The number of allylic oxidation sites excluding steroid dienone is 1. The summed E-state index contributed by atoms with van der Waals surface area (Å²) in [4.78, 5) is 11.0. The molecule has 1 rings (SSSR count). The van der Waals surface area contributed by atoms with Gasteiger partial charge in [0.05, 0.1) is 0 Å². The Kier molecular flexibility index (Phi) is 2.24. The molecule has 0 aromatic carbocycles. The fourth-order valence-corrected chi connectivity index (χ4v) is 1.03. The monoisotopic (exact) mass is 170 g/mol. The van der Waals surface area contributed by atoms with Crippen LogP contribution in [0, 0.1) is 5.92 Å². The molecule has 0 aliphatic carbocycles. The van der Waals surface area contributed by atoms with Gasteiger partial charge < -0.3 is 5.32 Å². The molecule has 0 bridgehead atoms. The van der Waals surface area contributed by atoms with E-state index in [1.54, 1.807) is 0 Å². The number of carbonyl (C=O) groups is 1. The maximum absolute atomic E-state index is 11.0. The molecule has 0 aromatic rings. The molecular weight excluding hydrogens is 160 g/mol. The lowest BCUT2D eigenvalue weighted by Gasteiger charge is -1.96. The maximum atomic E-state index is 11.0. The number of hydrogen-bond acceptors (Lipinski definition) is 2. The van der Waals surface area contributed by atoms with E-state index in [-0.39, 0.29) is 5.91 Å². The first kappa shape index (κ1) is 8.20. The topological polar surface area (TPSA) is 41.1 Å². The van der Waals surface area contributed by atoms with Gasteiger partial charge in [0.25, 0.3) is 5.91 Å². The Morgan fingerprint density at radius 1 is 1.45 bits per heavy atom. The van der Waals surface area contributed by atoms with E-state index < -0.39 is 0 Å². The standard InChI is InChI=1S/C7H10N2OS/c1-4(2)3-5-6(10)9-7(11)8-5/h3-4H,1-2H3,(H2,8,9,10,11)/b5-3+. The number of carbonyl (C=O) groups excluding carboxylic acids is 1. The molecule has 1 heterocycles. The number of hydrogen-bond donors (Lipinski definition) is 2. The molecule has 1 fully saturated rings. The third-order valence-electron chi connectivity index (χ3n) is 1.22. The summed E-state index contributed by atoms with van der Waals surface area (Å²) in [6, 6.07) is 0. The lowest BCUT2D eigenvalue weighted by molar-refractivity contribution is -0.115. The van der Waals surface area contributed by atoms with Crippen LogP contribution >= 0.6 is 12.2 Å². The largest absolute Gasteiger partial charge is 0.328 e. The zero-order valence-electron chi connectivity index (χ0n) is 6.47. The fraction of sp³-hybridized carbons (Fsp3) is 0.429. The minimum Gasteiger partial charge on any atom is -0.328 e. The van der Waals surface area contributed by atoms with E-state index >= 15 is 0 Å². The lowest BCUT2D eigenvalue weighted by atomic mass is 10.2. The van der Waals surface area contributed by atoms with E-state index in [9.17, 15) is 4.79 Å². The van der Waals surface area contributed by atoms with Crippen LogP contribution in [0.2, 0.25) is 0 Å². The first-order chi connectivity index (χ1) is 5.09. The van der Waals surface area contributed by atoms with Gasteiger partial charge in [-0.25, -0.2) is 0 Å². The highest BCUT2D eigenvalue weighted by molar-refractivity contribution is 7.80. The second-order valence-electron chi connectivity index (χ2n) is 2.73. The van der Waals surface area contributed by atoms with E-state index in [1.807, 2.05) is 19.9 Å². The molecule has 0 unspecified atom stereocenters. The molecular formula is C7H10N2OS. The predicted octanol–water partition coefficient (Wildman–Crippen LogP) is 0.531. The molecule has 0 saturated carbocycles. The van der Waals surface area contributed by atoms with Gasteiger partial charge in [-0.2, -0.15) is 0 Å². The van der Waals surface area contributed by atoms with Crippen LogP contribution in [-0.4, -0.2) is 11.0 Å². The number of amides is 1. The van der Waals surface area contributed by atoms with Crippen molar-refractivity contribution in [3.8, 4) is 0 Å². The second kappa shape index (κ2) is 3.00. The lowest BCUT2D eigenvalue weighted by Crippen LogP contribution is -2.21. The van der Waals surface area contributed by atoms with Crippen LogP contribution in [0.4, 0.5) is 0 Å². The normalized spacial score (nSPS) is 20.8. The molecule has 1 amide bonds. The summed E-state index contributed by atoms with van der Waals surface area (Å²) in [5, 5.41) is 5.64. The Morgan fingerprint density at radius 3 is 2.45 bits per heavy atom. The van der Waals surface area contributed by atoms with Crippen LogP contribution in [0.3, 0.4) is 0 Å². The number of nitrogens with one attached hydrogen (secondary N) is 2. The minimum absolute atomic E-state index is 0.135. The van der Waals surface area contributed by atoms with E-state index in [4.69, 9.17) is 12.2 Å². The van der Waals surface area contributed by atoms with Crippen LogP contribution in [0.25, 0.3) is 0 Å². The van der Waals surface area contributed by atoms with Crippen molar-refractivity contribution in [3.05, 3.63) is 11.8 Å². The quantitative estimate of drug-likeness (QED) is 0.445. The van der Waals surface area contributed by atoms with Crippen molar-refractivity contribution in [2.45, 2.75) is 13.8 Å². The Hall–Kier alpha value is -0.900. The van der Waals surface area contributed by atoms with Crippen LogP contribution in [0.1, 0.15) is 13.8 Å². The SMILES string of the molecule is CC(C)/C=C1/NC(=S)NC1=O. The smallest absolute Gasteiger partial charge is 0.273 e. The Morgan fingerprint density at radius 2 is 2.09 bits per heavy atom. The minimum atomic E-state index is -0.135. The average Bonchev–Trinajstić information content (AvgIpc) is 2.09. The highest BCUT2D eigenvalue weighted by atomic mass is 32.1. The molecule has 0 atom stereocenters. The number of thiocarbonyl (C=S) groups is 1. The molecule has 1 aliphatic rings. The zero-order chi connectivity index (χ0) is 8.43. The van der Waals surface area contributed by atoms with Gasteiger partial charge in [0, 0.05) is 0 Å². The maximum Gasteiger partial charge on any atom is 0.273 e. The van der Waals surface area contributed by atoms with Crippen molar-refractivity contribution < 1.29 is 4.79 Å².